The zero-order chi connectivity index (χ0) is 37.0. The molecule has 1 aliphatic rings. The number of nitrogens with two attached hydrogens (primary N) is 1. The molecule has 1 aliphatic heterocycles. The van der Waals surface area contributed by atoms with Crippen molar-refractivity contribution in [3.05, 3.63) is 0 Å². The maximum atomic E-state index is 13.1. The van der Waals surface area contributed by atoms with Gasteiger partial charge in [0.05, 0.1) is 58.3 Å². The Kier molecular flexibility index (Phi) is 24.9. The number of carbonyl (C=O) groups excluding carboxylic acids is 3. The van der Waals surface area contributed by atoms with Gasteiger partial charge in [-0.3, -0.25) is 18.7 Å². The highest BCUT2D eigenvalue weighted by Crippen LogP contribution is 2.54. The first kappa shape index (κ1) is 47.6. The Hall–Kier alpha value is -1.53. The van der Waals surface area contributed by atoms with Crippen LogP contribution in [0, 0.1) is 0 Å². The average Bonchev–Trinajstić information content (AvgIpc) is 2.93. The van der Waals surface area contributed by atoms with Gasteiger partial charge >= 0.3 is 21.4 Å². The van der Waals surface area contributed by atoms with Crippen molar-refractivity contribution in [1.82, 2.24) is 23.6 Å². The largest absolute Gasteiger partial charge is 0.447 e. The topological polar surface area (TPSA) is 214 Å². The maximum Gasteiger partial charge on any atom is 0.416 e. The van der Waals surface area contributed by atoms with Gasteiger partial charge in [0, 0.05) is 19.2 Å². The summed E-state index contributed by atoms with van der Waals surface area (Å²) in [6, 6.07) is 0. The number of hydrogen-bond donors (Lipinski definition) is 3. The van der Waals surface area contributed by atoms with Crippen LogP contribution in [-0.2, 0) is 42.0 Å². The van der Waals surface area contributed by atoms with Crippen LogP contribution in [0.15, 0.2) is 0 Å². The number of likely N-dealkylation sites (N-methyl/N-ethyl adjacent to an activating group) is 1. The van der Waals surface area contributed by atoms with E-state index in [-0.39, 0.29) is 70.9 Å². The summed E-state index contributed by atoms with van der Waals surface area (Å²) in [7, 11) is 1.62. The molecule has 0 radical (unpaired) electrons. The third kappa shape index (κ3) is 19.9. The molecule has 1 saturated heterocycles. The van der Waals surface area contributed by atoms with Crippen LogP contribution in [0.1, 0.15) is 41.5 Å². The number of carbonyl (C=O) groups is 3. The Labute approximate surface area is 280 Å². The lowest BCUT2D eigenvalue weighted by molar-refractivity contribution is -0.132. The predicted molar refractivity (Wildman–Crippen MR) is 178 cm³/mol. The molecule has 1 rings (SSSR count). The quantitative estimate of drug-likeness (QED) is 0.134. The van der Waals surface area contributed by atoms with Crippen molar-refractivity contribution in [3.63, 3.8) is 0 Å². The molecule has 0 aromatic rings. The summed E-state index contributed by atoms with van der Waals surface area (Å²) >= 11 is 0. The minimum atomic E-state index is -3.34. The fourth-order valence-electron chi connectivity index (χ4n) is 3.48. The summed E-state index contributed by atoms with van der Waals surface area (Å²) in [5.74, 6) is -1.03. The molecule has 1 fully saturated rings. The minimum absolute atomic E-state index is 0.00101. The van der Waals surface area contributed by atoms with Gasteiger partial charge < -0.3 is 39.2 Å². The van der Waals surface area contributed by atoms with Gasteiger partial charge in [0.25, 0.3) is 0 Å². The molecule has 0 spiro atoms. The molecule has 2 atom stereocenters. The molecule has 1 heterocycles. The number of aliphatic hydroxyl groups excluding tert-OH is 2. The second-order valence-corrected chi connectivity index (χ2v) is 16.6. The van der Waals surface area contributed by atoms with E-state index in [0.29, 0.717) is 13.2 Å². The van der Waals surface area contributed by atoms with Crippen molar-refractivity contribution in [2.45, 2.75) is 59.9 Å². The first-order valence-corrected chi connectivity index (χ1v) is 18.3. The smallest absolute Gasteiger partial charge is 0.416 e. The van der Waals surface area contributed by atoms with Gasteiger partial charge in [-0.1, -0.05) is 0 Å². The van der Waals surface area contributed by atoms with Gasteiger partial charge in [-0.15, -0.1) is 0 Å². The van der Waals surface area contributed by atoms with E-state index in [1.165, 1.54) is 18.7 Å². The van der Waals surface area contributed by atoms with Crippen LogP contribution >= 0.6 is 15.3 Å². The number of rotatable bonds is 18. The van der Waals surface area contributed by atoms with E-state index in [2.05, 4.69) is 0 Å². The SMILES string of the molecule is CC(C)O.CC(C)OP(=O)(N(C)C)N(C)CC(N)=O.CC(C)OP(=O)(N(C)C)N1CCN(C(=O)OCCOCCOCCO)C(=O)C1. The second-order valence-electron chi connectivity index (χ2n) is 11.4. The number of primary amides is 1. The number of ether oxygens (including phenoxy) is 3. The summed E-state index contributed by atoms with van der Waals surface area (Å²) in [5, 5.41) is 16.6. The average molecular weight is 723 g/mol. The summed E-state index contributed by atoms with van der Waals surface area (Å²) < 4.78 is 57.5. The van der Waals surface area contributed by atoms with E-state index in [1.54, 1.807) is 76.8 Å². The Bertz CT molecular complexity index is 1000. The lowest BCUT2D eigenvalue weighted by atomic mass is 10.4. The highest BCUT2D eigenvalue weighted by Gasteiger charge is 2.42. The molecular formula is C27H60N6O12P2. The van der Waals surface area contributed by atoms with E-state index >= 15 is 0 Å². The summed E-state index contributed by atoms with van der Waals surface area (Å²) in [6.45, 7) is 11.6. The van der Waals surface area contributed by atoms with Crippen molar-refractivity contribution in [3.8, 4) is 0 Å². The highest BCUT2D eigenvalue weighted by atomic mass is 31.2. The minimum Gasteiger partial charge on any atom is -0.447 e. The molecule has 20 heteroatoms. The van der Waals surface area contributed by atoms with Crippen molar-refractivity contribution < 1.29 is 57.0 Å². The number of nitrogens with zero attached hydrogens (tertiary/aromatic N) is 5. The van der Waals surface area contributed by atoms with Gasteiger partial charge in [0.15, 0.2) is 0 Å². The molecule has 0 aromatic carbocycles. The normalized spacial score (nSPS) is 16.6. The Morgan fingerprint density at radius 1 is 0.851 bits per heavy atom. The van der Waals surface area contributed by atoms with Gasteiger partial charge in [-0.05, 0) is 76.8 Å². The van der Waals surface area contributed by atoms with Crippen molar-refractivity contribution in [2.75, 3.05) is 101 Å². The molecule has 3 amide bonds. The van der Waals surface area contributed by atoms with E-state index < -0.39 is 33.2 Å². The van der Waals surface area contributed by atoms with Crippen LogP contribution in [0.5, 0.6) is 0 Å². The Morgan fingerprint density at radius 2 is 1.34 bits per heavy atom. The number of hydrogen-bond acceptors (Lipinski definition) is 12. The third-order valence-electron chi connectivity index (χ3n) is 5.36. The third-order valence-corrected chi connectivity index (χ3v) is 10.8. The first-order valence-electron chi connectivity index (χ1n) is 15.2. The predicted octanol–water partition coefficient (Wildman–Crippen LogP) is 1.27. The number of piperazine rings is 1. The molecule has 0 bridgehead atoms. The number of amides is 3. The van der Waals surface area contributed by atoms with Gasteiger partial charge in [-0.2, -0.15) is 0 Å². The molecule has 0 aliphatic carbocycles. The number of imide groups is 1. The van der Waals surface area contributed by atoms with Gasteiger partial charge in [0.2, 0.25) is 11.8 Å². The lowest BCUT2D eigenvalue weighted by Gasteiger charge is -2.39. The van der Waals surface area contributed by atoms with Crippen LogP contribution < -0.4 is 5.73 Å². The van der Waals surface area contributed by atoms with E-state index in [4.69, 9.17) is 39.2 Å². The molecule has 4 N–H and O–H groups in total. The van der Waals surface area contributed by atoms with Crippen molar-refractivity contribution >= 4 is 33.2 Å². The Balaban J connectivity index is 0. The summed E-state index contributed by atoms with van der Waals surface area (Å²) in [4.78, 5) is 36.2. The van der Waals surface area contributed by atoms with Crippen LogP contribution in [0.3, 0.4) is 0 Å². The van der Waals surface area contributed by atoms with Crippen LogP contribution in [0.25, 0.3) is 0 Å². The van der Waals surface area contributed by atoms with Gasteiger partial charge in [0.1, 0.15) is 6.61 Å². The van der Waals surface area contributed by atoms with Crippen LogP contribution in [0.4, 0.5) is 4.79 Å². The molecule has 47 heavy (non-hydrogen) atoms. The molecule has 2 unspecified atom stereocenters. The summed E-state index contributed by atoms with van der Waals surface area (Å²) in [5.41, 5.74) is 5.05. The van der Waals surface area contributed by atoms with Crippen molar-refractivity contribution in [1.29, 1.82) is 0 Å². The Morgan fingerprint density at radius 3 is 1.74 bits per heavy atom. The van der Waals surface area contributed by atoms with E-state index in [9.17, 15) is 23.5 Å². The van der Waals surface area contributed by atoms with E-state index in [0.717, 1.165) is 4.90 Å². The molecule has 0 aromatic heterocycles. The standard InChI is InChI=1S/C16H32N3O8P.C8H20N3O3P.C3H8O/c1-14(2)27-28(23,17(3)4)18-5-6-19(15(21)13-18)16(22)26-12-11-25-10-9-24-8-7-20;1-7(2)14-15(13,10(3)4)11(5)6-8(9)12;1-3(2)4/h14,20H,5-13H2,1-4H3;7H,6H2,1-5H3,(H2,9,12);3-4H,1-2H3. The number of aliphatic hydroxyl groups is 2. The lowest BCUT2D eigenvalue weighted by Crippen LogP contribution is -2.52. The fraction of sp³-hybridized carbons (Fsp3) is 0.889. The highest BCUT2D eigenvalue weighted by molar-refractivity contribution is 7.54. The first-order chi connectivity index (χ1) is 21.6. The van der Waals surface area contributed by atoms with Crippen LogP contribution in [-0.4, -0.2) is 171 Å². The van der Waals surface area contributed by atoms with Crippen LogP contribution in [0.2, 0.25) is 0 Å². The molecule has 18 nitrogen and oxygen atoms in total. The summed E-state index contributed by atoms with van der Waals surface area (Å²) in [6.07, 6.45) is -1.39. The molecule has 0 saturated carbocycles. The maximum absolute atomic E-state index is 13.1. The second kappa shape index (κ2) is 24.6. The van der Waals surface area contributed by atoms with Gasteiger partial charge in [-0.25, -0.2) is 28.4 Å². The fourth-order valence-corrected chi connectivity index (χ4v) is 7.33. The van der Waals surface area contributed by atoms with Crippen molar-refractivity contribution in [2.24, 2.45) is 5.73 Å². The van der Waals surface area contributed by atoms with E-state index in [1.807, 2.05) is 0 Å². The molecular weight excluding hydrogens is 662 g/mol. The zero-order valence-electron chi connectivity index (χ0n) is 30.0. The zero-order valence-corrected chi connectivity index (χ0v) is 31.8. The monoisotopic (exact) mass is 722 g/mol. The molecule has 280 valence electrons.